The van der Waals surface area contributed by atoms with Crippen molar-refractivity contribution in [3.63, 3.8) is 0 Å². The van der Waals surface area contributed by atoms with E-state index in [0.29, 0.717) is 24.3 Å². The van der Waals surface area contributed by atoms with Gasteiger partial charge in [-0.3, -0.25) is 4.79 Å². The number of carbonyl (C=O) groups is 1. The SMILES string of the molecule is COc1ccc(C(=O)N/N=C\c2ccc(N(C)CCC#N)cc2)cc1. The Balaban J connectivity index is 1.90. The van der Waals surface area contributed by atoms with Gasteiger partial charge in [0, 0.05) is 24.8 Å². The molecule has 0 aromatic heterocycles. The lowest BCUT2D eigenvalue weighted by molar-refractivity contribution is 0.0955. The molecule has 1 N–H and O–H groups in total. The minimum atomic E-state index is -0.285. The first-order valence-corrected chi connectivity index (χ1v) is 7.79. The van der Waals surface area contributed by atoms with Crippen LogP contribution < -0.4 is 15.1 Å². The van der Waals surface area contributed by atoms with Gasteiger partial charge in [-0.2, -0.15) is 10.4 Å². The molecule has 0 saturated carbocycles. The second kappa shape index (κ2) is 9.08. The second-order valence-electron chi connectivity index (χ2n) is 5.35. The minimum Gasteiger partial charge on any atom is -0.497 e. The highest BCUT2D eigenvalue weighted by molar-refractivity contribution is 5.95. The normalized spacial score (nSPS) is 10.3. The average molecular weight is 336 g/mol. The van der Waals surface area contributed by atoms with Crippen molar-refractivity contribution in [1.29, 1.82) is 5.26 Å². The van der Waals surface area contributed by atoms with E-state index in [-0.39, 0.29) is 5.91 Å². The van der Waals surface area contributed by atoms with E-state index >= 15 is 0 Å². The van der Waals surface area contributed by atoms with Crippen LogP contribution >= 0.6 is 0 Å². The van der Waals surface area contributed by atoms with Crippen molar-refractivity contribution in [1.82, 2.24) is 5.43 Å². The smallest absolute Gasteiger partial charge is 0.271 e. The molecule has 0 unspecified atom stereocenters. The molecule has 6 nitrogen and oxygen atoms in total. The average Bonchev–Trinajstić information content (AvgIpc) is 2.66. The first kappa shape index (κ1) is 18.0. The monoisotopic (exact) mass is 336 g/mol. The maximum absolute atomic E-state index is 12.0. The van der Waals surface area contributed by atoms with Crippen LogP contribution in [0, 0.1) is 11.3 Å². The number of nitrogens with one attached hydrogen (secondary N) is 1. The molecule has 0 bridgehead atoms. The van der Waals surface area contributed by atoms with Gasteiger partial charge in [-0.25, -0.2) is 5.43 Å². The third-order valence-electron chi connectivity index (χ3n) is 3.62. The molecule has 0 fully saturated rings. The van der Waals surface area contributed by atoms with Crippen LogP contribution in [0.5, 0.6) is 5.75 Å². The van der Waals surface area contributed by atoms with Gasteiger partial charge < -0.3 is 9.64 Å². The van der Waals surface area contributed by atoms with Crippen molar-refractivity contribution < 1.29 is 9.53 Å². The Bertz CT molecular complexity index is 762. The third kappa shape index (κ3) is 5.36. The van der Waals surface area contributed by atoms with Gasteiger partial charge >= 0.3 is 0 Å². The van der Waals surface area contributed by atoms with E-state index in [1.54, 1.807) is 37.6 Å². The van der Waals surface area contributed by atoms with E-state index in [4.69, 9.17) is 10.00 Å². The van der Waals surface area contributed by atoms with E-state index in [2.05, 4.69) is 16.6 Å². The Hall–Kier alpha value is -3.33. The quantitative estimate of drug-likeness (QED) is 0.623. The van der Waals surface area contributed by atoms with Crippen molar-refractivity contribution in [2.24, 2.45) is 5.10 Å². The summed E-state index contributed by atoms with van der Waals surface area (Å²) in [5.41, 5.74) is 4.89. The van der Waals surface area contributed by atoms with Crippen LogP contribution in [-0.2, 0) is 0 Å². The molecule has 0 heterocycles. The number of carbonyl (C=O) groups excluding carboxylic acids is 1. The summed E-state index contributed by atoms with van der Waals surface area (Å²) in [6.45, 7) is 0.682. The van der Waals surface area contributed by atoms with Crippen molar-refractivity contribution in [2.45, 2.75) is 6.42 Å². The molecule has 0 aliphatic carbocycles. The fraction of sp³-hybridized carbons (Fsp3) is 0.211. The topological polar surface area (TPSA) is 77.7 Å². The van der Waals surface area contributed by atoms with Gasteiger partial charge in [0.25, 0.3) is 5.91 Å². The molecule has 128 valence electrons. The third-order valence-corrected chi connectivity index (χ3v) is 3.62. The molecule has 6 heteroatoms. The highest BCUT2D eigenvalue weighted by Crippen LogP contribution is 2.13. The highest BCUT2D eigenvalue weighted by Gasteiger charge is 2.04. The van der Waals surface area contributed by atoms with Crippen LogP contribution in [0.25, 0.3) is 0 Å². The van der Waals surface area contributed by atoms with Gasteiger partial charge in [-0.05, 0) is 42.0 Å². The van der Waals surface area contributed by atoms with Crippen LogP contribution in [-0.4, -0.2) is 32.8 Å². The Labute approximate surface area is 147 Å². The molecular weight excluding hydrogens is 316 g/mol. The Morgan fingerprint density at radius 1 is 1.24 bits per heavy atom. The van der Waals surface area contributed by atoms with E-state index < -0.39 is 0 Å². The van der Waals surface area contributed by atoms with Gasteiger partial charge in [-0.15, -0.1) is 0 Å². The molecule has 2 rings (SSSR count). The van der Waals surface area contributed by atoms with E-state index in [1.165, 1.54) is 0 Å². The molecule has 0 aliphatic rings. The zero-order valence-electron chi connectivity index (χ0n) is 14.3. The number of amides is 1. The maximum Gasteiger partial charge on any atom is 0.271 e. The van der Waals surface area contributed by atoms with Crippen molar-refractivity contribution in [3.8, 4) is 11.8 Å². The summed E-state index contributed by atoms with van der Waals surface area (Å²) in [6, 6.07) is 16.6. The molecule has 2 aromatic carbocycles. The molecular formula is C19H20N4O2. The number of anilines is 1. The Kier molecular flexibility index (Phi) is 6.55. The van der Waals surface area contributed by atoms with Crippen molar-refractivity contribution in [3.05, 3.63) is 59.7 Å². The fourth-order valence-electron chi connectivity index (χ4n) is 2.13. The number of ether oxygens (including phenoxy) is 1. The van der Waals surface area contributed by atoms with Gasteiger partial charge in [0.1, 0.15) is 5.75 Å². The molecule has 0 saturated heterocycles. The molecule has 0 spiro atoms. The van der Waals surface area contributed by atoms with Crippen LogP contribution in [0.1, 0.15) is 22.3 Å². The lowest BCUT2D eigenvalue weighted by Crippen LogP contribution is -2.18. The Morgan fingerprint density at radius 3 is 2.52 bits per heavy atom. The number of hydrogen-bond donors (Lipinski definition) is 1. The molecule has 2 aromatic rings. The van der Waals surface area contributed by atoms with Gasteiger partial charge in [-0.1, -0.05) is 12.1 Å². The van der Waals surface area contributed by atoms with Crippen LogP contribution in [0.2, 0.25) is 0 Å². The number of methoxy groups -OCH3 is 1. The van der Waals surface area contributed by atoms with Crippen LogP contribution in [0.4, 0.5) is 5.69 Å². The first-order chi connectivity index (χ1) is 12.1. The summed E-state index contributed by atoms with van der Waals surface area (Å²) < 4.78 is 5.06. The lowest BCUT2D eigenvalue weighted by atomic mass is 10.2. The van der Waals surface area contributed by atoms with Crippen LogP contribution in [0.15, 0.2) is 53.6 Å². The number of benzene rings is 2. The predicted molar refractivity (Wildman–Crippen MR) is 98.0 cm³/mol. The molecule has 0 atom stereocenters. The largest absolute Gasteiger partial charge is 0.497 e. The lowest BCUT2D eigenvalue weighted by Gasteiger charge is -2.17. The summed E-state index contributed by atoms with van der Waals surface area (Å²) in [5.74, 6) is 0.409. The first-order valence-electron chi connectivity index (χ1n) is 7.79. The predicted octanol–water partition coefficient (Wildman–Crippen LogP) is 2.81. The molecule has 0 radical (unpaired) electrons. The van der Waals surface area contributed by atoms with Gasteiger partial charge in [0.05, 0.1) is 25.8 Å². The maximum atomic E-state index is 12.0. The molecule has 0 aliphatic heterocycles. The standard InChI is InChI=1S/C19H20N4O2/c1-23(13-3-12-20)17-8-4-15(5-9-17)14-21-22-19(24)16-6-10-18(25-2)11-7-16/h4-11,14H,3,13H2,1-2H3,(H,22,24)/b21-14-. The zero-order chi connectivity index (χ0) is 18.1. The summed E-state index contributed by atoms with van der Waals surface area (Å²) in [4.78, 5) is 14.0. The summed E-state index contributed by atoms with van der Waals surface area (Å²) >= 11 is 0. The number of hydrogen-bond acceptors (Lipinski definition) is 5. The van der Waals surface area contributed by atoms with E-state index in [0.717, 1.165) is 11.3 Å². The van der Waals surface area contributed by atoms with Crippen molar-refractivity contribution in [2.75, 3.05) is 25.6 Å². The number of rotatable bonds is 7. The molecule has 25 heavy (non-hydrogen) atoms. The fourth-order valence-corrected chi connectivity index (χ4v) is 2.13. The Morgan fingerprint density at radius 2 is 1.92 bits per heavy atom. The zero-order valence-corrected chi connectivity index (χ0v) is 14.3. The number of nitrogens with zero attached hydrogens (tertiary/aromatic N) is 3. The van der Waals surface area contributed by atoms with Gasteiger partial charge in [0.2, 0.25) is 0 Å². The second-order valence-corrected chi connectivity index (χ2v) is 5.35. The summed E-state index contributed by atoms with van der Waals surface area (Å²) in [7, 11) is 3.52. The van der Waals surface area contributed by atoms with Crippen LogP contribution in [0.3, 0.4) is 0 Å². The summed E-state index contributed by atoms with van der Waals surface area (Å²) in [5, 5.41) is 12.6. The minimum absolute atomic E-state index is 0.285. The number of nitriles is 1. The van der Waals surface area contributed by atoms with E-state index in [1.807, 2.05) is 36.2 Å². The number of hydrazone groups is 1. The highest BCUT2D eigenvalue weighted by atomic mass is 16.5. The van der Waals surface area contributed by atoms with E-state index in [9.17, 15) is 4.79 Å². The summed E-state index contributed by atoms with van der Waals surface area (Å²) in [6.07, 6.45) is 2.07. The van der Waals surface area contributed by atoms with Crippen molar-refractivity contribution >= 4 is 17.8 Å². The van der Waals surface area contributed by atoms with Gasteiger partial charge in [0.15, 0.2) is 0 Å². The molecule has 1 amide bonds.